The second-order valence-electron chi connectivity index (χ2n) is 3.56. The summed E-state index contributed by atoms with van der Waals surface area (Å²) in [4.78, 5) is 10.9. The van der Waals surface area contributed by atoms with E-state index in [4.69, 9.17) is 29.9 Å². The predicted octanol–water partition coefficient (Wildman–Crippen LogP) is 0.940. The number of esters is 1. The third-order valence-corrected chi connectivity index (χ3v) is 3.79. The second kappa shape index (κ2) is 4.03. The molecule has 0 saturated carbocycles. The number of ether oxygens (including phenoxy) is 1. The normalized spacial score (nSPS) is 39.0. The molecule has 3 aliphatic rings. The molecule has 0 spiro atoms. The van der Waals surface area contributed by atoms with Crippen LogP contribution in [-0.2, 0) is 27.7 Å². The standard InChI is InChI=1S/C7H10ClO6P/c8-1-6(9)11-2-7-3-12-15(10,13-4-7)14-5-7/h1-5H2. The van der Waals surface area contributed by atoms with Gasteiger partial charge in [-0.25, -0.2) is 4.57 Å². The molecule has 0 amide bonds. The van der Waals surface area contributed by atoms with Gasteiger partial charge in [0.1, 0.15) is 12.5 Å². The molecule has 0 aromatic carbocycles. The van der Waals surface area contributed by atoms with E-state index >= 15 is 0 Å². The molecule has 6 nitrogen and oxygen atoms in total. The van der Waals surface area contributed by atoms with Crippen molar-refractivity contribution in [2.75, 3.05) is 32.3 Å². The molecule has 0 aromatic rings. The number of carbonyl (C=O) groups excluding carboxylic acids is 1. The molecular weight excluding hydrogens is 246 g/mol. The molecule has 0 aliphatic carbocycles. The lowest BCUT2D eigenvalue weighted by atomic mass is 9.92. The van der Waals surface area contributed by atoms with E-state index < -0.39 is 19.2 Å². The topological polar surface area (TPSA) is 71.1 Å². The number of hydrogen-bond acceptors (Lipinski definition) is 6. The van der Waals surface area contributed by atoms with E-state index in [9.17, 15) is 9.36 Å². The zero-order valence-electron chi connectivity index (χ0n) is 7.81. The summed E-state index contributed by atoms with van der Waals surface area (Å²) in [7, 11) is -3.29. The highest BCUT2D eigenvalue weighted by Crippen LogP contribution is 2.59. The van der Waals surface area contributed by atoms with Crippen LogP contribution in [0.1, 0.15) is 0 Å². The maximum absolute atomic E-state index is 11.4. The monoisotopic (exact) mass is 256 g/mol. The summed E-state index contributed by atoms with van der Waals surface area (Å²) in [5.41, 5.74) is -0.548. The van der Waals surface area contributed by atoms with E-state index in [1.807, 2.05) is 0 Å². The maximum atomic E-state index is 11.4. The Balaban J connectivity index is 1.92. The van der Waals surface area contributed by atoms with Crippen molar-refractivity contribution in [3.8, 4) is 0 Å². The van der Waals surface area contributed by atoms with E-state index in [2.05, 4.69) is 0 Å². The van der Waals surface area contributed by atoms with E-state index in [1.54, 1.807) is 0 Å². The fourth-order valence-corrected chi connectivity index (χ4v) is 2.88. The van der Waals surface area contributed by atoms with Gasteiger partial charge in [-0.15, -0.1) is 11.6 Å². The molecule has 0 aromatic heterocycles. The van der Waals surface area contributed by atoms with E-state index in [0.717, 1.165) is 0 Å². The Kier molecular flexibility index (Phi) is 3.05. The lowest BCUT2D eigenvalue weighted by Crippen LogP contribution is -2.48. The Bertz CT molecular complexity index is 287. The largest absolute Gasteiger partial charge is 0.474 e. The smallest absolute Gasteiger partial charge is 0.464 e. The van der Waals surface area contributed by atoms with Gasteiger partial charge in [-0.05, 0) is 0 Å². The summed E-state index contributed by atoms with van der Waals surface area (Å²) in [6.45, 7) is 0.720. The molecule has 2 bridgehead atoms. The minimum Gasteiger partial charge on any atom is -0.464 e. The van der Waals surface area contributed by atoms with Gasteiger partial charge in [0, 0.05) is 0 Å². The fourth-order valence-electron chi connectivity index (χ4n) is 1.28. The Hall–Kier alpha value is -0.130. The first-order valence-electron chi connectivity index (χ1n) is 4.33. The Morgan fingerprint density at radius 3 is 2.33 bits per heavy atom. The van der Waals surface area contributed by atoms with Crippen LogP contribution in [-0.4, -0.2) is 38.3 Å². The number of phosphoric ester groups is 1. The van der Waals surface area contributed by atoms with Crippen LogP contribution in [0.15, 0.2) is 0 Å². The van der Waals surface area contributed by atoms with Crippen molar-refractivity contribution in [2.45, 2.75) is 0 Å². The van der Waals surface area contributed by atoms with Crippen LogP contribution in [0, 0.1) is 5.41 Å². The first kappa shape index (κ1) is 11.4. The molecule has 0 N–H and O–H groups in total. The average Bonchev–Trinajstić information content (AvgIpc) is 2.28. The Morgan fingerprint density at radius 2 is 1.87 bits per heavy atom. The number of rotatable bonds is 3. The van der Waals surface area contributed by atoms with Crippen molar-refractivity contribution in [3.05, 3.63) is 0 Å². The Morgan fingerprint density at radius 1 is 1.33 bits per heavy atom. The van der Waals surface area contributed by atoms with Gasteiger partial charge in [-0.2, -0.15) is 0 Å². The minimum absolute atomic E-state index is 0.0958. The molecule has 3 fully saturated rings. The van der Waals surface area contributed by atoms with Crippen molar-refractivity contribution in [1.82, 2.24) is 0 Å². The van der Waals surface area contributed by atoms with Crippen molar-refractivity contribution in [2.24, 2.45) is 5.41 Å². The van der Waals surface area contributed by atoms with Crippen molar-refractivity contribution in [1.29, 1.82) is 0 Å². The second-order valence-corrected chi connectivity index (χ2v) is 5.50. The number of phosphoric acid groups is 1. The fraction of sp³-hybridized carbons (Fsp3) is 0.857. The van der Waals surface area contributed by atoms with E-state index in [-0.39, 0.29) is 32.3 Å². The zero-order valence-corrected chi connectivity index (χ0v) is 9.46. The first-order chi connectivity index (χ1) is 7.08. The summed E-state index contributed by atoms with van der Waals surface area (Å²) in [6.07, 6.45) is 0. The van der Waals surface area contributed by atoms with Gasteiger partial charge >= 0.3 is 13.8 Å². The van der Waals surface area contributed by atoms with Crippen LogP contribution in [0.3, 0.4) is 0 Å². The van der Waals surface area contributed by atoms with Gasteiger partial charge in [0.15, 0.2) is 0 Å². The van der Waals surface area contributed by atoms with Crippen LogP contribution in [0.2, 0.25) is 0 Å². The van der Waals surface area contributed by atoms with Gasteiger partial charge in [0.25, 0.3) is 0 Å². The highest BCUT2D eigenvalue weighted by molar-refractivity contribution is 7.48. The maximum Gasteiger partial charge on any atom is 0.474 e. The summed E-state index contributed by atoms with van der Waals surface area (Å²) in [5, 5.41) is 0. The van der Waals surface area contributed by atoms with Crippen molar-refractivity contribution >= 4 is 25.4 Å². The van der Waals surface area contributed by atoms with Crippen LogP contribution in [0.5, 0.6) is 0 Å². The number of halogens is 1. The summed E-state index contributed by atoms with van der Waals surface area (Å²) in [5.74, 6) is -0.706. The predicted molar refractivity (Wildman–Crippen MR) is 49.6 cm³/mol. The Labute approximate surface area is 91.4 Å². The highest BCUT2D eigenvalue weighted by Gasteiger charge is 2.51. The zero-order chi connectivity index (χ0) is 10.9. The first-order valence-corrected chi connectivity index (χ1v) is 6.32. The summed E-state index contributed by atoms with van der Waals surface area (Å²) < 4.78 is 31.0. The molecule has 3 saturated heterocycles. The number of carbonyl (C=O) groups is 1. The SMILES string of the molecule is O=C(CCl)OCC12COP(=O)(OC1)OC2. The molecular formula is C7H10ClO6P. The van der Waals surface area contributed by atoms with Gasteiger partial charge in [-0.1, -0.05) is 0 Å². The number of fused-ring (bicyclic) bond motifs is 3. The van der Waals surface area contributed by atoms with E-state index in [0.29, 0.717) is 0 Å². The van der Waals surface area contributed by atoms with Crippen LogP contribution < -0.4 is 0 Å². The van der Waals surface area contributed by atoms with Crippen LogP contribution >= 0.6 is 19.4 Å². The van der Waals surface area contributed by atoms with Crippen LogP contribution in [0.4, 0.5) is 0 Å². The third kappa shape index (κ3) is 2.34. The van der Waals surface area contributed by atoms with Gasteiger partial charge in [-0.3, -0.25) is 18.4 Å². The summed E-state index contributed by atoms with van der Waals surface area (Å²) >= 11 is 5.28. The van der Waals surface area contributed by atoms with Gasteiger partial charge in [0.2, 0.25) is 0 Å². The number of hydrogen-bond donors (Lipinski definition) is 0. The lowest BCUT2D eigenvalue weighted by Gasteiger charge is -2.43. The molecule has 0 atom stereocenters. The molecule has 3 heterocycles. The van der Waals surface area contributed by atoms with E-state index in [1.165, 1.54) is 0 Å². The highest BCUT2D eigenvalue weighted by atomic mass is 35.5. The molecule has 86 valence electrons. The van der Waals surface area contributed by atoms with Crippen molar-refractivity contribution < 1.29 is 27.7 Å². The molecule has 0 unspecified atom stereocenters. The molecule has 0 radical (unpaired) electrons. The van der Waals surface area contributed by atoms with Gasteiger partial charge in [0.05, 0.1) is 25.2 Å². The average molecular weight is 257 g/mol. The third-order valence-electron chi connectivity index (χ3n) is 2.24. The summed E-state index contributed by atoms with van der Waals surface area (Å²) in [6, 6.07) is 0. The molecule has 15 heavy (non-hydrogen) atoms. The molecule has 3 aliphatic heterocycles. The van der Waals surface area contributed by atoms with Crippen molar-refractivity contribution in [3.63, 3.8) is 0 Å². The van der Waals surface area contributed by atoms with Gasteiger partial charge < -0.3 is 4.74 Å². The molecule has 3 rings (SSSR count). The minimum atomic E-state index is -3.29. The lowest BCUT2D eigenvalue weighted by molar-refractivity contribution is -0.157. The molecule has 8 heteroatoms. The number of alkyl halides is 1. The quantitative estimate of drug-likeness (QED) is 0.425. The van der Waals surface area contributed by atoms with Crippen LogP contribution in [0.25, 0.3) is 0 Å².